The van der Waals surface area contributed by atoms with Crippen molar-refractivity contribution in [1.29, 1.82) is 0 Å². The number of hydrogen-bond donors (Lipinski definition) is 0. The minimum Gasteiger partial charge on any atom is -0.383 e. The van der Waals surface area contributed by atoms with Gasteiger partial charge in [-0.1, -0.05) is 12.1 Å². The Balaban J connectivity index is 2.09. The molecule has 3 heterocycles. The normalized spacial score (nSPS) is 11.7. The number of methoxy groups -OCH3 is 1. The number of hydrogen-bond acceptors (Lipinski definition) is 4. The van der Waals surface area contributed by atoms with Crippen LogP contribution in [0.2, 0.25) is 0 Å². The number of aromatic nitrogens is 5. The molecule has 3 aromatic heterocycles. The Morgan fingerprint density at radius 2 is 1.96 bits per heavy atom. The number of imidazole rings is 2. The molecule has 0 saturated carbocycles. The van der Waals surface area contributed by atoms with Crippen LogP contribution in [-0.2, 0) is 18.3 Å². The lowest BCUT2D eigenvalue weighted by atomic mass is 10.2. The van der Waals surface area contributed by atoms with Gasteiger partial charge in [0, 0.05) is 31.7 Å². The van der Waals surface area contributed by atoms with Gasteiger partial charge in [0.1, 0.15) is 0 Å². The van der Waals surface area contributed by atoms with Crippen LogP contribution in [0.1, 0.15) is 11.3 Å². The van der Waals surface area contributed by atoms with Crippen LogP contribution < -0.4 is 11.2 Å². The summed E-state index contributed by atoms with van der Waals surface area (Å²) in [4.78, 5) is 30.2. The molecule has 8 nitrogen and oxygen atoms in total. The standard InChI is InChI=1S/C19H21N5O3/c1-12-6-5-7-14(10-12)24-13(2)11-23-15-16(20-18(23)24)21(3)19(26)22(17(15)25)8-9-27-4/h5-7,10-11H,8-9H2,1-4H3. The first-order chi connectivity index (χ1) is 12.9. The predicted octanol–water partition coefficient (Wildman–Crippen LogP) is 1.40. The zero-order chi connectivity index (χ0) is 19.3. The van der Waals surface area contributed by atoms with Crippen LogP contribution in [0.15, 0.2) is 40.1 Å². The molecule has 8 heteroatoms. The van der Waals surface area contributed by atoms with Gasteiger partial charge in [-0.15, -0.1) is 0 Å². The van der Waals surface area contributed by atoms with E-state index < -0.39 is 5.69 Å². The fraction of sp³-hybridized carbons (Fsp3) is 0.316. The Morgan fingerprint density at radius 1 is 1.19 bits per heavy atom. The monoisotopic (exact) mass is 367 g/mol. The van der Waals surface area contributed by atoms with Crippen LogP contribution in [0.25, 0.3) is 22.6 Å². The Labute approximate surface area is 154 Å². The molecule has 0 fully saturated rings. The number of benzene rings is 1. The summed E-state index contributed by atoms with van der Waals surface area (Å²) in [5.41, 5.74) is 3.03. The second kappa shape index (κ2) is 6.24. The van der Waals surface area contributed by atoms with Crippen LogP contribution >= 0.6 is 0 Å². The van der Waals surface area contributed by atoms with Gasteiger partial charge in [-0.25, -0.2) is 4.79 Å². The highest BCUT2D eigenvalue weighted by atomic mass is 16.5. The smallest absolute Gasteiger partial charge is 0.332 e. The van der Waals surface area contributed by atoms with Crippen LogP contribution in [0.5, 0.6) is 0 Å². The van der Waals surface area contributed by atoms with E-state index in [0.717, 1.165) is 16.9 Å². The van der Waals surface area contributed by atoms with Gasteiger partial charge in [-0.05, 0) is 31.5 Å². The zero-order valence-corrected chi connectivity index (χ0v) is 15.8. The number of ether oxygens (including phenoxy) is 1. The van der Waals surface area contributed by atoms with E-state index in [1.165, 1.54) is 16.2 Å². The van der Waals surface area contributed by atoms with Crippen molar-refractivity contribution in [2.45, 2.75) is 20.4 Å². The average molecular weight is 367 g/mol. The third-order valence-electron chi connectivity index (χ3n) is 4.80. The zero-order valence-electron chi connectivity index (χ0n) is 15.8. The van der Waals surface area contributed by atoms with Crippen molar-refractivity contribution in [2.75, 3.05) is 13.7 Å². The third kappa shape index (κ3) is 2.52. The molecule has 0 atom stereocenters. The maximum absolute atomic E-state index is 13.0. The lowest BCUT2D eigenvalue weighted by molar-refractivity contribution is 0.184. The molecule has 1 aromatic carbocycles. The van der Waals surface area contributed by atoms with Gasteiger partial charge >= 0.3 is 5.69 Å². The topological polar surface area (TPSA) is 75.5 Å². The molecule has 4 aromatic rings. The summed E-state index contributed by atoms with van der Waals surface area (Å²) in [6.07, 6.45) is 1.87. The van der Waals surface area contributed by atoms with Crippen LogP contribution in [0.4, 0.5) is 0 Å². The first-order valence-electron chi connectivity index (χ1n) is 8.70. The summed E-state index contributed by atoms with van der Waals surface area (Å²) < 4.78 is 11.4. The molecule has 0 aliphatic heterocycles. The van der Waals surface area contributed by atoms with Crippen molar-refractivity contribution < 1.29 is 4.74 Å². The SMILES string of the molecule is COCCn1c(=O)c2c(nc3n(-c4cccc(C)c4)c(C)cn23)n(C)c1=O. The van der Waals surface area contributed by atoms with E-state index in [0.29, 0.717) is 16.9 Å². The lowest BCUT2D eigenvalue weighted by Crippen LogP contribution is -2.40. The van der Waals surface area contributed by atoms with Crippen LogP contribution in [0.3, 0.4) is 0 Å². The van der Waals surface area contributed by atoms with E-state index in [1.807, 2.05) is 42.8 Å². The highest BCUT2D eigenvalue weighted by Crippen LogP contribution is 2.21. The van der Waals surface area contributed by atoms with E-state index in [4.69, 9.17) is 4.74 Å². The molecule has 0 radical (unpaired) electrons. The maximum Gasteiger partial charge on any atom is 0.332 e. The minimum absolute atomic E-state index is 0.197. The van der Waals surface area contributed by atoms with Crippen LogP contribution in [0, 0.1) is 13.8 Å². The van der Waals surface area contributed by atoms with E-state index in [1.54, 1.807) is 11.4 Å². The fourth-order valence-electron chi connectivity index (χ4n) is 3.48. The van der Waals surface area contributed by atoms with Gasteiger partial charge in [-0.3, -0.25) is 22.9 Å². The van der Waals surface area contributed by atoms with Gasteiger partial charge < -0.3 is 4.74 Å². The summed E-state index contributed by atoms with van der Waals surface area (Å²) in [6, 6.07) is 8.06. The van der Waals surface area contributed by atoms with Crippen molar-refractivity contribution >= 4 is 16.9 Å². The van der Waals surface area contributed by atoms with Crippen LogP contribution in [-0.4, -0.2) is 36.8 Å². The van der Waals surface area contributed by atoms with Gasteiger partial charge in [0.2, 0.25) is 5.78 Å². The molecule has 0 unspecified atom stereocenters. The predicted molar refractivity (Wildman–Crippen MR) is 103 cm³/mol. The largest absolute Gasteiger partial charge is 0.383 e. The molecular formula is C19H21N5O3. The summed E-state index contributed by atoms with van der Waals surface area (Å²) in [5.74, 6) is 0.602. The number of rotatable bonds is 4. The average Bonchev–Trinajstić information content (AvgIpc) is 3.14. The molecule has 0 spiro atoms. The van der Waals surface area contributed by atoms with E-state index >= 15 is 0 Å². The summed E-state index contributed by atoms with van der Waals surface area (Å²) in [7, 11) is 3.17. The molecule has 0 aliphatic carbocycles. The van der Waals surface area contributed by atoms with Gasteiger partial charge in [-0.2, -0.15) is 4.98 Å². The van der Waals surface area contributed by atoms with Crippen molar-refractivity contribution in [3.63, 3.8) is 0 Å². The molecule has 0 saturated heterocycles. The first-order valence-corrected chi connectivity index (χ1v) is 8.70. The second-order valence-corrected chi connectivity index (χ2v) is 6.69. The minimum atomic E-state index is -0.399. The van der Waals surface area contributed by atoms with Crippen molar-refractivity contribution in [1.82, 2.24) is 23.1 Å². The molecule has 27 heavy (non-hydrogen) atoms. The highest BCUT2D eigenvalue weighted by Gasteiger charge is 2.20. The van der Waals surface area contributed by atoms with Crippen molar-refractivity contribution in [2.24, 2.45) is 7.05 Å². The number of fused-ring (bicyclic) bond motifs is 3. The highest BCUT2D eigenvalue weighted by molar-refractivity contribution is 5.76. The Hall–Kier alpha value is -3.13. The third-order valence-corrected chi connectivity index (χ3v) is 4.80. The molecule has 0 aliphatic rings. The van der Waals surface area contributed by atoms with Gasteiger partial charge in [0.05, 0.1) is 13.2 Å². The fourth-order valence-corrected chi connectivity index (χ4v) is 3.48. The maximum atomic E-state index is 13.0. The molecule has 4 rings (SSSR count). The van der Waals surface area contributed by atoms with E-state index in [2.05, 4.69) is 11.1 Å². The molecule has 0 N–H and O–H groups in total. The van der Waals surface area contributed by atoms with Gasteiger partial charge in [0.25, 0.3) is 5.56 Å². The first kappa shape index (κ1) is 17.3. The van der Waals surface area contributed by atoms with Crippen molar-refractivity contribution in [3.8, 4) is 5.69 Å². The molecule has 140 valence electrons. The van der Waals surface area contributed by atoms with E-state index in [-0.39, 0.29) is 18.7 Å². The molecular weight excluding hydrogens is 346 g/mol. The Morgan fingerprint density at radius 3 is 2.67 bits per heavy atom. The van der Waals surface area contributed by atoms with Crippen molar-refractivity contribution in [3.05, 3.63) is 62.6 Å². The quantitative estimate of drug-likeness (QED) is 0.546. The Kier molecular flexibility index (Phi) is 4.00. The molecule has 0 amide bonds. The summed E-state index contributed by atoms with van der Waals surface area (Å²) in [5, 5.41) is 0. The summed E-state index contributed by atoms with van der Waals surface area (Å²) in [6.45, 7) is 4.47. The number of nitrogens with zero attached hydrogens (tertiary/aromatic N) is 5. The van der Waals surface area contributed by atoms with E-state index in [9.17, 15) is 9.59 Å². The Bertz CT molecular complexity index is 1290. The summed E-state index contributed by atoms with van der Waals surface area (Å²) >= 11 is 0. The van der Waals surface area contributed by atoms with Gasteiger partial charge in [0.15, 0.2) is 11.2 Å². The molecule has 0 bridgehead atoms. The second-order valence-electron chi connectivity index (χ2n) is 6.69. The lowest BCUT2D eigenvalue weighted by Gasteiger charge is -2.07. The number of aryl methyl sites for hydroxylation is 3.